The number of rotatable bonds is 4. The van der Waals surface area contributed by atoms with Gasteiger partial charge in [-0.25, -0.2) is 4.79 Å². The molecule has 0 spiro atoms. The molecule has 1 aromatic carbocycles. The van der Waals surface area contributed by atoms with Crippen LogP contribution in [0.1, 0.15) is 26.3 Å². The van der Waals surface area contributed by atoms with Gasteiger partial charge in [0, 0.05) is 44.1 Å². The number of benzene rings is 1. The second kappa shape index (κ2) is 8.24. The first-order valence-electron chi connectivity index (χ1n) is 8.83. The summed E-state index contributed by atoms with van der Waals surface area (Å²) in [6.07, 6.45) is -4.62. The number of nitrogens with one attached hydrogen (secondary N) is 1. The van der Waals surface area contributed by atoms with E-state index in [1.165, 1.54) is 0 Å². The molecule has 1 aromatic rings. The highest BCUT2D eigenvalue weighted by Crippen LogP contribution is 2.25. The van der Waals surface area contributed by atoms with Crippen molar-refractivity contribution in [2.75, 3.05) is 43.4 Å². The molecule has 0 bridgehead atoms. The Bertz CT molecular complexity index is 651. The van der Waals surface area contributed by atoms with Gasteiger partial charge in [0.1, 0.15) is 5.60 Å². The van der Waals surface area contributed by atoms with Gasteiger partial charge >= 0.3 is 12.3 Å². The van der Waals surface area contributed by atoms with Crippen molar-refractivity contribution in [3.05, 3.63) is 23.8 Å². The number of amides is 1. The highest BCUT2D eigenvalue weighted by molar-refractivity contribution is 5.69. The van der Waals surface area contributed by atoms with E-state index in [-0.39, 0.29) is 12.6 Å². The van der Waals surface area contributed by atoms with Gasteiger partial charge in [-0.2, -0.15) is 13.2 Å². The lowest BCUT2D eigenvalue weighted by Gasteiger charge is -2.37. The summed E-state index contributed by atoms with van der Waals surface area (Å²) in [5.41, 5.74) is 7.26. The summed E-state index contributed by atoms with van der Waals surface area (Å²) in [4.78, 5) is 15.8. The average molecular weight is 388 g/mol. The van der Waals surface area contributed by atoms with Crippen molar-refractivity contribution in [2.45, 2.75) is 39.1 Å². The Morgan fingerprint density at radius 3 is 2.37 bits per heavy atom. The zero-order chi connectivity index (χ0) is 20.2. The summed E-state index contributed by atoms with van der Waals surface area (Å²) in [7, 11) is 0. The Morgan fingerprint density at radius 2 is 1.81 bits per heavy atom. The number of nitrogens with two attached hydrogens (primary N) is 1. The van der Waals surface area contributed by atoms with Crippen molar-refractivity contribution in [3.63, 3.8) is 0 Å². The molecule has 2 rings (SSSR count). The number of nitrogen functional groups attached to an aromatic ring is 1. The second-order valence-corrected chi connectivity index (χ2v) is 7.56. The molecule has 1 saturated heterocycles. The summed E-state index contributed by atoms with van der Waals surface area (Å²) in [6.45, 7) is 6.54. The van der Waals surface area contributed by atoms with Gasteiger partial charge in [-0.05, 0) is 44.5 Å². The number of hydrogen-bond donors (Lipinski definition) is 2. The lowest BCUT2D eigenvalue weighted by molar-refractivity contribution is -0.125. The van der Waals surface area contributed by atoms with Gasteiger partial charge in [-0.1, -0.05) is 0 Å². The van der Waals surface area contributed by atoms with E-state index in [1.807, 2.05) is 31.7 Å². The molecule has 3 N–H and O–H groups in total. The molecule has 0 radical (unpaired) electrons. The molecule has 0 saturated carbocycles. The van der Waals surface area contributed by atoms with E-state index >= 15 is 0 Å². The summed E-state index contributed by atoms with van der Waals surface area (Å²) in [6, 6.07) is 5.21. The number of anilines is 2. The highest BCUT2D eigenvalue weighted by Gasteiger charge is 2.28. The lowest BCUT2D eigenvalue weighted by atomic mass is 10.1. The van der Waals surface area contributed by atoms with Crippen molar-refractivity contribution in [1.82, 2.24) is 10.2 Å². The van der Waals surface area contributed by atoms with Crippen LogP contribution in [0, 0.1) is 0 Å². The summed E-state index contributed by atoms with van der Waals surface area (Å²) in [5.74, 6) is 0. The number of carbonyl (C=O) groups is 1. The monoisotopic (exact) mass is 388 g/mol. The van der Waals surface area contributed by atoms with E-state index in [1.54, 1.807) is 17.0 Å². The molecule has 0 atom stereocenters. The van der Waals surface area contributed by atoms with Crippen LogP contribution in [0.25, 0.3) is 0 Å². The fourth-order valence-electron chi connectivity index (χ4n) is 2.85. The summed E-state index contributed by atoms with van der Waals surface area (Å²) >= 11 is 0. The van der Waals surface area contributed by atoms with Crippen molar-refractivity contribution in [3.8, 4) is 0 Å². The first-order chi connectivity index (χ1) is 12.4. The van der Waals surface area contributed by atoms with Crippen LogP contribution in [0.5, 0.6) is 0 Å². The minimum absolute atomic E-state index is 0.0617. The maximum absolute atomic E-state index is 12.4. The number of halogens is 3. The fourth-order valence-corrected chi connectivity index (χ4v) is 2.85. The van der Waals surface area contributed by atoms with Crippen LogP contribution in [0.2, 0.25) is 0 Å². The molecule has 0 aromatic heterocycles. The van der Waals surface area contributed by atoms with Gasteiger partial charge in [0.15, 0.2) is 0 Å². The van der Waals surface area contributed by atoms with Gasteiger partial charge in [0.25, 0.3) is 0 Å². The topological polar surface area (TPSA) is 70.8 Å². The molecule has 27 heavy (non-hydrogen) atoms. The van der Waals surface area contributed by atoms with Gasteiger partial charge in [-0.15, -0.1) is 0 Å². The molecule has 9 heteroatoms. The Labute approximate surface area is 157 Å². The van der Waals surface area contributed by atoms with Crippen LogP contribution in [0.15, 0.2) is 18.2 Å². The third kappa shape index (κ3) is 6.82. The number of alkyl halides is 3. The molecule has 152 valence electrons. The van der Waals surface area contributed by atoms with Crippen LogP contribution in [0.3, 0.4) is 0 Å². The van der Waals surface area contributed by atoms with Gasteiger partial charge in [-0.3, -0.25) is 0 Å². The molecule has 1 fully saturated rings. The highest BCUT2D eigenvalue weighted by atomic mass is 19.4. The van der Waals surface area contributed by atoms with Crippen LogP contribution in [-0.2, 0) is 11.3 Å². The maximum atomic E-state index is 12.4. The average Bonchev–Trinajstić information content (AvgIpc) is 2.52. The molecule has 0 aliphatic carbocycles. The first-order valence-corrected chi connectivity index (χ1v) is 8.83. The van der Waals surface area contributed by atoms with Gasteiger partial charge in [0.2, 0.25) is 0 Å². The normalized spacial score (nSPS) is 15.8. The molecular weight excluding hydrogens is 361 g/mol. The van der Waals surface area contributed by atoms with Crippen LogP contribution >= 0.6 is 0 Å². The summed E-state index contributed by atoms with van der Waals surface area (Å²) in [5, 5.41) is 2.41. The van der Waals surface area contributed by atoms with E-state index in [2.05, 4.69) is 5.32 Å². The van der Waals surface area contributed by atoms with Crippen molar-refractivity contribution in [1.29, 1.82) is 0 Å². The minimum atomic E-state index is -4.26. The van der Waals surface area contributed by atoms with E-state index in [9.17, 15) is 18.0 Å². The van der Waals surface area contributed by atoms with Gasteiger partial charge < -0.3 is 25.6 Å². The number of ether oxygens (including phenoxy) is 1. The predicted molar refractivity (Wildman–Crippen MR) is 98.6 cm³/mol. The maximum Gasteiger partial charge on any atom is 0.410 e. The zero-order valence-electron chi connectivity index (χ0n) is 15.9. The smallest absolute Gasteiger partial charge is 0.410 e. The zero-order valence-corrected chi connectivity index (χ0v) is 15.9. The standard InChI is InChI=1S/C18H27F3N4O2/c1-17(2,3)27-16(26)25-8-6-24(7-9-25)15-5-4-14(22)10-13(15)11-23-12-18(19,20)21/h4-5,10,23H,6-9,11-12,22H2,1-3H3. The third-order valence-electron chi connectivity index (χ3n) is 4.02. The second-order valence-electron chi connectivity index (χ2n) is 7.56. The van der Waals surface area contributed by atoms with Crippen molar-refractivity contribution >= 4 is 17.5 Å². The van der Waals surface area contributed by atoms with Crippen LogP contribution in [-0.4, -0.2) is 55.5 Å². The Kier molecular flexibility index (Phi) is 6.46. The van der Waals surface area contributed by atoms with Crippen LogP contribution < -0.4 is 16.0 Å². The molecule has 1 aliphatic heterocycles. The number of hydrogen-bond acceptors (Lipinski definition) is 5. The van der Waals surface area contributed by atoms with E-state index in [0.29, 0.717) is 37.4 Å². The summed E-state index contributed by atoms with van der Waals surface area (Å²) < 4.78 is 42.5. The number of nitrogens with zero attached hydrogens (tertiary/aromatic N) is 2. The minimum Gasteiger partial charge on any atom is -0.444 e. The predicted octanol–water partition coefficient (Wildman–Crippen LogP) is 2.98. The third-order valence-corrected chi connectivity index (χ3v) is 4.02. The Morgan fingerprint density at radius 1 is 1.19 bits per heavy atom. The van der Waals surface area contributed by atoms with E-state index in [4.69, 9.17) is 10.5 Å². The van der Waals surface area contributed by atoms with E-state index in [0.717, 1.165) is 5.69 Å². The largest absolute Gasteiger partial charge is 0.444 e. The molecule has 1 amide bonds. The molecule has 0 unspecified atom stereocenters. The molecule has 1 aliphatic rings. The van der Waals surface area contributed by atoms with Crippen molar-refractivity contribution in [2.24, 2.45) is 0 Å². The molecular formula is C18H27F3N4O2. The van der Waals surface area contributed by atoms with E-state index < -0.39 is 18.3 Å². The molecule has 1 heterocycles. The molecule has 6 nitrogen and oxygen atoms in total. The lowest BCUT2D eigenvalue weighted by Crippen LogP contribution is -2.50. The van der Waals surface area contributed by atoms with Crippen LogP contribution in [0.4, 0.5) is 29.3 Å². The Hall–Kier alpha value is -2.16. The first kappa shape index (κ1) is 21.1. The SMILES string of the molecule is CC(C)(C)OC(=O)N1CCN(c2ccc(N)cc2CNCC(F)(F)F)CC1. The quantitative estimate of drug-likeness (QED) is 0.776. The number of piperazine rings is 1. The Balaban J connectivity index is 2.00. The number of carbonyl (C=O) groups excluding carboxylic acids is 1. The van der Waals surface area contributed by atoms with Crippen molar-refractivity contribution < 1.29 is 22.7 Å². The fraction of sp³-hybridized carbons (Fsp3) is 0.611. The van der Waals surface area contributed by atoms with Gasteiger partial charge in [0.05, 0.1) is 6.54 Å².